The topological polar surface area (TPSA) is 29.3 Å². The molecule has 0 radical (unpaired) electrons. The summed E-state index contributed by atoms with van der Waals surface area (Å²) in [6.45, 7) is 7.01. The summed E-state index contributed by atoms with van der Waals surface area (Å²) in [6, 6.07) is 6.13. The van der Waals surface area contributed by atoms with Crippen LogP contribution in [0.4, 0.5) is 11.4 Å². The third-order valence-corrected chi connectivity index (χ3v) is 4.66. The second-order valence-corrected chi connectivity index (χ2v) is 6.49. The lowest BCUT2D eigenvalue weighted by molar-refractivity contribution is 0.351. The molecule has 1 aromatic carbocycles. The molecule has 1 heterocycles. The molecule has 100 valence electrons. The van der Waals surface area contributed by atoms with Gasteiger partial charge in [-0.15, -0.1) is 0 Å². The maximum Gasteiger partial charge on any atom is 0.0512 e. The van der Waals surface area contributed by atoms with Crippen molar-refractivity contribution < 1.29 is 0 Å². The Labute approximate surface area is 119 Å². The quantitative estimate of drug-likeness (QED) is 0.825. The minimum absolute atomic E-state index is 0.805. The summed E-state index contributed by atoms with van der Waals surface area (Å²) in [5.41, 5.74) is 7.91. The number of hydrogen-bond donors (Lipinski definition) is 1. The Morgan fingerprint density at radius 3 is 2.72 bits per heavy atom. The molecule has 1 aromatic rings. The molecule has 3 heteroatoms. The number of nitrogen functional groups attached to an aromatic ring is 1. The first-order valence-corrected chi connectivity index (χ1v) is 7.67. The van der Waals surface area contributed by atoms with Crippen molar-refractivity contribution in [1.29, 1.82) is 0 Å². The van der Waals surface area contributed by atoms with Crippen LogP contribution in [0, 0.1) is 11.8 Å². The summed E-state index contributed by atoms with van der Waals surface area (Å²) in [6.07, 6.45) is 3.95. The molecule has 1 atom stereocenters. The van der Waals surface area contributed by atoms with Gasteiger partial charge in [-0.2, -0.15) is 0 Å². The van der Waals surface area contributed by atoms with E-state index in [2.05, 4.69) is 40.7 Å². The number of nitrogens with two attached hydrogens (primary N) is 1. The molecule has 2 rings (SSSR count). The first-order valence-electron chi connectivity index (χ1n) is 6.88. The van der Waals surface area contributed by atoms with E-state index in [1.807, 2.05) is 12.1 Å². The first-order chi connectivity index (χ1) is 8.58. The van der Waals surface area contributed by atoms with E-state index >= 15 is 0 Å². The number of benzene rings is 1. The van der Waals surface area contributed by atoms with Crippen LogP contribution in [0.5, 0.6) is 0 Å². The van der Waals surface area contributed by atoms with Gasteiger partial charge >= 0.3 is 0 Å². The molecule has 0 saturated carbocycles. The van der Waals surface area contributed by atoms with Crippen LogP contribution in [0.2, 0.25) is 0 Å². The van der Waals surface area contributed by atoms with Crippen molar-refractivity contribution in [2.24, 2.45) is 11.8 Å². The third kappa shape index (κ3) is 3.19. The molecule has 1 unspecified atom stereocenters. The van der Waals surface area contributed by atoms with E-state index in [1.54, 1.807) is 0 Å². The molecule has 0 bridgehead atoms. The standard InChI is InChI=1S/C15H23BrN2/c1-11(2)12-4-3-8-18(9-7-12)15-6-5-13(17)10-14(15)16/h5-6,10-12H,3-4,7-9,17H2,1-2H3. The Balaban J connectivity index is 2.10. The van der Waals surface area contributed by atoms with Crippen molar-refractivity contribution in [3.63, 3.8) is 0 Å². The zero-order valence-corrected chi connectivity index (χ0v) is 12.9. The maximum absolute atomic E-state index is 5.80. The minimum atomic E-state index is 0.805. The number of halogens is 1. The molecular formula is C15H23BrN2. The van der Waals surface area contributed by atoms with E-state index in [0.717, 1.165) is 35.1 Å². The monoisotopic (exact) mass is 310 g/mol. The number of nitrogens with zero attached hydrogens (tertiary/aromatic N) is 1. The highest BCUT2D eigenvalue weighted by atomic mass is 79.9. The van der Waals surface area contributed by atoms with Crippen LogP contribution in [-0.4, -0.2) is 13.1 Å². The van der Waals surface area contributed by atoms with Gasteiger partial charge in [-0.3, -0.25) is 0 Å². The van der Waals surface area contributed by atoms with Gasteiger partial charge in [-0.1, -0.05) is 13.8 Å². The number of rotatable bonds is 2. The lowest BCUT2D eigenvalue weighted by Crippen LogP contribution is -2.24. The second kappa shape index (κ2) is 5.96. The van der Waals surface area contributed by atoms with Crippen LogP contribution in [0.25, 0.3) is 0 Å². The van der Waals surface area contributed by atoms with Crippen LogP contribution >= 0.6 is 15.9 Å². The zero-order chi connectivity index (χ0) is 13.1. The fourth-order valence-corrected chi connectivity index (χ4v) is 3.46. The third-order valence-electron chi connectivity index (χ3n) is 4.03. The summed E-state index contributed by atoms with van der Waals surface area (Å²) in [4.78, 5) is 2.49. The molecule has 2 nitrogen and oxygen atoms in total. The van der Waals surface area contributed by atoms with Crippen molar-refractivity contribution in [2.45, 2.75) is 33.1 Å². The van der Waals surface area contributed by atoms with Gasteiger partial charge in [-0.25, -0.2) is 0 Å². The van der Waals surface area contributed by atoms with Crippen molar-refractivity contribution in [2.75, 3.05) is 23.7 Å². The molecule has 1 aliphatic rings. The molecule has 1 saturated heterocycles. The highest BCUT2D eigenvalue weighted by Crippen LogP contribution is 2.32. The van der Waals surface area contributed by atoms with Crippen LogP contribution in [0.3, 0.4) is 0 Å². The Morgan fingerprint density at radius 2 is 2.06 bits per heavy atom. The first kappa shape index (κ1) is 13.7. The highest BCUT2D eigenvalue weighted by Gasteiger charge is 2.20. The average molecular weight is 311 g/mol. The zero-order valence-electron chi connectivity index (χ0n) is 11.3. The molecule has 0 spiro atoms. The number of hydrogen-bond acceptors (Lipinski definition) is 2. The summed E-state index contributed by atoms with van der Waals surface area (Å²) in [5.74, 6) is 1.68. The predicted molar refractivity (Wildman–Crippen MR) is 82.9 cm³/mol. The highest BCUT2D eigenvalue weighted by molar-refractivity contribution is 9.10. The Bertz CT molecular complexity index is 403. The predicted octanol–water partition coefficient (Wildman–Crippen LogP) is 4.29. The van der Waals surface area contributed by atoms with E-state index in [0.29, 0.717) is 0 Å². The fourth-order valence-electron chi connectivity index (χ4n) is 2.81. The van der Waals surface area contributed by atoms with Gasteiger partial charge in [0.15, 0.2) is 0 Å². The van der Waals surface area contributed by atoms with Gasteiger partial charge in [0.05, 0.1) is 5.69 Å². The van der Waals surface area contributed by atoms with Gasteiger partial charge in [0.1, 0.15) is 0 Å². The van der Waals surface area contributed by atoms with E-state index in [9.17, 15) is 0 Å². The average Bonchev–Trinajstić information content (AvgIpc) is 2.54. The molecule has 1 fully saturated rings. The fraction of sp³-hybridized carbons (Fsp3) is 0.600. The Morgan fingerprint density at radius 1 is 1.28 bits per heavy atom. The van der Waals surface area contributed by atoms with Gasteiger partial charge in [0, 0.05) is 23.2 Å². The van der Waals surface area contributed by atoms with E-state index in [1.165, 1.54) is 24.9 Å². The lowest BCUT2D eigenvalue weighted by atomic mass is 9.89. The van der Waals surface area contributed by atoms with E-state index in [4.69, 9.17) is 5.73 Å². The van der Waals surface area contributed by atoms with Crippen LogP contribution < -0.4 is 10.6 Å². The summed E-state index contributed by atoms with van der Waals surface area (Å²) in [5, 5.41) is 0. The molecule has 18 heavy (non-hydrogen) atoms. The van der Waals surface area contributed by atoms with Gasteiger partial charge in [-0.05, 0) is 65.2 Å². The van der Waals surface area contributed by atoms with Crippen LogP contribution in [-0.2, 0) is 0 Å². The largest absolute Gasteiger partial charge is 0.399 e. The number of anilines is 2. The molecule has 0 amide bonds. The molecule has 0 aromatic heterocycles. The SMILES string of the molecule is CC(C)C1CCCN(c2ccc(N)cc2Br)CC1. The molecule has 2 N–H and O–H groups in total. The van der Waals surface area contributed by atoms with Crippen LogP contribution in [0.1, 0.15) is 33.1 Å². The lowest BCUT2D eigenvalue weighted by Gasteiger charge is -2.25. The summed E-state index contributed by atoms with van der Waals surface area (Å²) in [7, 11) is 0. The smallest absolute Gasteiger partial charge is 0.0512 e. The van der Waals surface area contributed by atoms with Crippen molar-refractivity contribution >= 4 is 27.3 Å². The normalized spacial score (nSPS) is 21.1. The van der Waals surface area contributed by atoms with Crippen molar-refractivity contribution in [3.05, 3.63) is 22.7 Å². The molecular weight excluding hydrogens is 288 g/mol. The molecule has 0 aliphatic carbocycles. The van der Waals surface area contributed by atoms with Gasteiger partial charge in [0.2, 0.25) is 0 Å². The van der Waals surface area contributed by atoms with Gasteiger partial charge in [0.25, 0.3) is 0 Å². The van der Waals surface area contributed by atoms with E-state index < -0.39 is 0 Å². The maximum atomic E-state index is 5.80. The Hall–Kier alpha value is -0.700. The minimum Gasteiger partial charge on any atom is -0.399 e. The molecule has 1 aliphatic heterocycles. The summed E-state index contributed by atoms with van der Waals surface area (Å²) >= 11 is 3.63. The van der Waals surface area contributed by atoms with Crippen molar-refractivity contribution in [1.82, 2.24) is 0 Å². The van der Waals surface area contributed by atoms with E-state index in [-0.39, 0.29) is 0 Å². The van der Waals surface area contributed by atoms with Gasteiger partial charge < -0.3 is 10.6 Å². The summed E-state index contributed by atoms with van der Waals surface area (Å²) < 4.78 is 1.12. The Kier molecular flexibility index (Phi) is 4.55. The second-order valence-electron chi connectivity index (χ2n) is 5.63. The van der Waals surface area contributed by atoms with Crippen molar-refractivity contribution in [3.8, 4) is 0 Å². The van der Waals surface area contributed by atoms with Crippen LogP contribution in [0.15, 0.2) is 22.7 Å².